The molecule has 10 heteroatoms. The van der Waals surface area contributed by atoms with E-state index in [0.29, 0.717) is 36.8 Å². The molecule has 0 fully saturated rings. The normalized spacial score (nSPS) is 16.4. The number of benzene rings is 2. The average molecular weight is 471 g/mol. The van der Waals surface area contributed by atoms with Crippen LogP contribution in [0, 0.1) is 5.82 Å². The minimum absolute atomic E-state index is 0.143. The van der Waals surface area contributed by atoms with Crippen LogP contribution in [-0.4, -0.2) is 67.7 Å². The van der Waals surface area contributed by atoms with Crippen molar-refractivity contribution in [3.63, 3.8) is 0 Å². The minimum atomic E-state index is -0.416. The molecule has 3 amide bonds. The van der Waals surface area contributed by atoms with Gasteiger partial charge in [0.15, 0.2) is 11.5 Å². The van der Waals surface area contributed by atoms with Gasteiger partial charge >= 0.3 is 6.03 Å². The Hall–Kier alpha value is -3.66. The number of fused-ring (bicyclic) bond motifs is 1. The van der Waals surface area contributed by atoms with E-state index in [1.807, 2.05) is 19.1 Å². The number of amides is 3. The fourth-order valence-electron chi connectivity index (χ4n) is 3.89. The number of urea groups is 1. The third-order valence-electron chi connectivity index (χ3n) is 5.63. The highest BCUT2D eigenvalue weighted by Crippen LogP contribution is 2.39. The van der Waals surface area contributed by atoms with Gasteiger partial charge in [0, 0.05) is 26.6 Å². The lowest BCUT2D eigenvalue weighted by atomic mass is 9.98. The molecule has 2 aromatic rings. The molecular weight excluding hydrogens is 443 g/mol. The highest BCUT2D eigenvalue weighted by Gasteiger charge is 2.35. The predicted molar refractivity (Wildman–Crippen MR) is 122 cm³/mol. The van der Waals surface area contributed by atoms with Crippen molar-refractivity contribution in [1.29, 1.82) is 0 Å². The average Bonchev–Trinajstić information content (AvgIpc) is 3.49. The predicted octanol–water partition coefficient (Wildman–Crippen LogP) is 2.91. The second-order valence-electron chi connectivity index (χ2n) is 7.87. The molecule has 0 spiro atoms. The van der Waals surface area contributed by atoms with E-state index in [1.165, 1.54) is 29.2 Å². The first-order valence-corrected chi connectivity index (χ1v) is 11.1. The number of ether oxygens (including phenoxy) is 3. The van der Waals surface area contributed by atoms with Crippen molar-refractivity contribution in [3.05, 3.63) is 59.4 Å². The summed E-state index contributed by atoms with van der Waals surface area (Å²) in [6.45, 7) is 2.77. The monoisotopic (exact) mass is 470 g/mol. The van der Waals surface area contributed by atoms with E-state index in [2.05, 4.69) is 10.4 Å². The number of hydrazone groups is 1. The fraction of sp³-hybridized carbons (Fsp3) is 0.375. The van der Waals surface area contributed by atoms with Gasteiger partial charge in [0.1, 0.15) is 12.4 Å². The van der Waals surface area contributed by atoms with E-state index < -0.39 is 6.04 Å². The minimum Gasteiger partial charge on any atom is -0.454 e. The van der Waals surface area contributed by atoms with Crippen LogP contribution >= 0.6 is 0 Å². The molecule has 0 bridgehead atoms. The molecule has 180 valence electrons. The molecular formula is C24H27FN4O5. The zero-order valence-corrected chi connectivity index (χ0v) is 19.1. The van der Waals surface area contributed by atoms with Crippen molar-refractivity contribution >= 4 is 17.6 Å². The van der Waals surface area contributed by atoms with E-state index in [0.717, 1.165) is 11.1 Å². The largest absolute Gasteiger partial charge is 0.454 e. The first kappa shape index (κ1) is 23.5. The highest BCUT2D eigenvalue weighted by atomic mass is 19.1. The zero-order chi connectivity index (χ0) is 24.1. The molecule has 34 heavy (non-hydrogen) atoms. The van der Waals surface area contributed by atoms with Crippen LogP contribution in [0.25, 0.3) is 0 Å². The Morgan fingerprint density at radius 3 is 2.71 bits per heavy atom. The fourth-order valence-corrected chi connectivity index (χ4v) is 3.89. The van der Waals surface area contributed by atoms with Crippen LogP contribution in [0.4, 0.5) is 9.18 Å². The number of hydrogen-bond donors (Lipinski definition) is 1. The summed E-state index contributed by atoms with van der Waals surface area (Å²) in [5.74, 6) is 0.547. The van der Waals surface area contributed by atoms with Crippen molar-refractivity contribution in [2.75, 3.05) is 40.1 Å². The van der Waals surface area contributed by atoms with Gasteiger partial charge in [-0.05, 0) is 42.3 Å². The Bertz CT molecular complexity index is 1080. The molecule has 4 rings (SSSR count). The van der Waals surface area contributed by atoms with Gasteiger partial charge in [-0.25, -0.2) is 14.2 Å². The van der Waals surface area contributed by atoms with Gasteiger partial charge in [-0.3, -0.25) is 4.79 Å². The van der Waals surface area contributed by atoms with Crippen molar-refractivity contribution < 1.29 is 28.2 Å². The lowest BCUT2D eigenvalue weighted by Gasteiger charge is -2.27. The van der Waals surface area contributed by atoms with Crippen LogP contribution in [0.5, 0.6) is 11.5 Å². The SMILES string of the molecule is CCNC(=O)N(CCOC)CC(=O)N1N=C(c2ccc(F)cc2)CC1c1ccc2c(c1)OCO2. The molecule has 2 aromatic carbocycles. The van der Waals surface area contributed by atoms with Gasteiger partial charge in [-0.2, -0.15) is 5.10 Å². The summed E-state index contributed by atoms with van der Waals surface area (Å²) in [7, 11) is 1.53. The Morgan fingerprint density at radius 1 is 1.21 bits per heavy atom. The standard InChI is InChI=1S/C24H27FN4O5/c1-3-26-24(31)28(10-11-32-2)14-23(30)29-20(17-6-9-21-22(12-17)34-15-33-21)13-19(27-29)16-4-7-18(25)8-5-16/h4-9,12,20H,3,10-11,13-15H2,1-2H3,(H,26,31). The molecule has 2 heterocycles. The van der Waals surface area contributed by atoms with Crippen molar-refractivity contribution in [3.8, 4) is 11.5 Å². The highest BCUT2D eigenvalue weighted by molar-refractivity contribution is 6.03. The summed E-state index contributed by atoms with van der Waals surface area (Å²) in [5.41, 5.74) is 2.19. The van der Waals surface area contributed by atoms with Crippen molar-refractivity contribution in [2.24, 2.45) is 5.10 Å². The second kappa shape index (κ2) is 10.5. The summed E-state index contributed by atoms with van der Waals surface area (Å²) in [4.78, 5) is 27.3. The molecule has 0 aromatic heterocycles. The topological polar surface area (TPSA) is 92.7 Å². The van der Waals surface area contributed by atoms with Crippen LogP contribution in [0.1, 0.15) is 30.5 Å². The maximum atomic E-state index is 13.4. The molecule has 0 radical (unpaired) electrons. The van der Waals surface area contributed by atoms with Crippen LogP contribution in [0.2, 0.25) is 0 Å². The van der Waals surface area contributed by atoms with E-state index >= 15 is 0 Å². The van der Waals surface area contributed by atoms with Gasteiger partial charge in [0.25, 0.3) is 5.91 Å². The molecule has 1 atom stereocenters. The van der Waals surface area contributed by atoms with Gasteiger partial charge < -0.3 is 24.4 Å². The molecule has 9 nitrogen and oxygen atoms in total. The number of nitrogens with one attached hydrogen (secondary N) is 1. The van der Waals surface area contributed by atoms with E-state index in [-0.39, 0.29) is 37.6 Å². The molecule has 0 aliphatic carbocycles. The lowest BCUT2D eigenvalue weighted by molar-refractivity contribution is -0.133. The van der Waals surface area contributed by atoms with Gasteiger partial charge in [-0.15, -0.1) is 0 Å². The second-order valence-corrected chi connectivity index (χ2v) is 7.87. The summed E-state index contributed by atoms with van der Waals surface area (Å²) in [5, 5.41) is 8.71. The number of hydrogen-bond acceptors (Lipinski definition) is 6. The van der Waals surface area contributed by atoms with Crippen molar-refractivity contribution in [2.45, 2.75) is 19.4 Å². The first-order chi connectivity index (χ1) is 16.5. The summed E-state index contributed by atoms with van der Waals surface area (Å²) in [6, 6.07) is 10.7. The van der Waals surface area contributed by atoms with E-state index in [4.69, 9.17) is 14.2 Å². The Kier molecular flexibility index (Phi) is 7.27. The van der Waals surface area contributed by atoms with Gasteiger partial charge in [0.2, 0.25) is 6.79 Å². The number of carbonyl (C=O) groups is 2. The maximum Gasteiger partial charge on any atom is 0.317 e. The van der Waals surface area contributed by atoms with Crippen molar-refractivity contribution in [1.82, 2.24) is 15.2 Å². The third-order valence-corrected chi connectivity index (χ3v) is 5.63. The smallest absolute Gasteiger partial charge is 0.317 e. The summed E-state index contributed by atoms with van der Waals surface area (Å²) in [6.07, 6.45) is 0.427. The van der Waals surface area contributed by atoms with Gasteiger partial charge in [-0.1, -0.05) is 18.2 Å². The molecule has 2 aliphatic rings. The summed E-state index contributed by atoms with van der Waals surface area (Å²) >= 11 is 0. The van der Waals surface area contributed by atoms with Gasteiger partial charge in [0.05, 0.1) is 18.4 Å². The van der Waals surface area contributed by atoms with Crippen LogP contribution in [0.15, 0.2) is 47.6 Å². The Labute approximate surface area is 197 Å². The molecule has 1 N–H and O–H groups in total. The Morgan fingerprint density at radius 2 is 1.97 bits per heavy atom. The van der Waals surface area contributed by atoms with Crippen LogP contribution in [-0.2, 0) is 9.53 Å². The third kappa shape index (κ3) is 5.12. The number of halogens is 1. The molecule has 2 aliphatic heterocycles. The van der Waals surface area contributed by atoms with Crippen LogP contribution < -0.4 is 14.8 Å². The number of carbonyl (C=O) groups excluding carboxylic acids is 2. The maximum absolute atomic E-state index is 13.4. The van der Waals surface area contributed by atoms with Crippen LogP contribution in [0.3, 0.4) is 0 Å². The number of nitrogens with zero attached hydrogens (tertiary/aromatic N) is 3. The Balaban J connectivity index is 1.62. The summed E-state index contributed by atoms with van der Waals surface area (Å²) < 4.78 is 29.5. The molecule has 0 saturated heterocycles. The van der Waals surface area contributed by atoms with E-state index in [9.17, 15) is 14.0 Å². The number of methoxy groups -OCH3 is 1. The van der Waals surface area contributed by atoms with E-state index in [1.54, 1.807) is 18.2 Å². The molecule has 1 unspecified atom stereocenters. The molecule has 0 saturated carbocycles. The first-order valence-electron chi connectivity index (χ1n) is 11.1. The number of rotatable bonds is 8. The quantitative estimate of drug-likeness (QED) is 0.641. The zero-order valence-electron chi connectivity index (χ0n) is 19.1. The lowest BCUT2D eigenvalue weighted by Crippen LogP contribution is -2.47.